The number of fused-ring (bicyclic) bond motifs is 1. The number of nitrogens with zero attached hydrogens (tertiary/aromatic N) is 2. The van der Waals surface area contributed by atoms with Gasteiger partial charge in [-0.1, -0.05) is 66.7 Å². The first-order valence-electron chi connectivity index (χ1n) is 9.93. The normalized spacial score (nSPS) is 10.9. The maximum Gasteiger partial charge on any atom is 0.220 e. The van der Waals surface area contributed by atoms with Crippen LogP contribution in [-0.2, 0) is 0 Å². The minimum absolute atomic E-state index is 0.0371. The molecule has 5 aromatic rings. The third kappa shape index (κ3) is 3.49. The number of hydrogen-bond acceptors (Lipinski definition) is 4. The summed E-state index contributed by atoms with van der Waals surface area (Å²) in [4.78, 5) is 9.30. The van der Waals surface area contributed by atoms with Gasteiger partial charge in [-0.15, -0.1) is 0 Å². The van der Waals surface area contributed by atoms with E-state index in [0.717, 1.165) is 39.3 Å². The minimum atomic E-state index is -0.0371. The van der Waals surface area contributed by atoms with Gasteiger partial charge in [0, 0.05) is 22.9 Å². The van der Waals surface area contributed by atoms with E-state index in [-0.39, 0.29) is 5.88 Å². The second kappa shape index (κ2) is 7.92. The Balaban J connectivity index is 1.82. The third-order valence-corrected chi connectivity index (χ3v) is 5.31. The number of pyridine rings is 2. The van der Waals surface area contributed by atoms with E-state index in [1.54, 1.807) is 13.3 Å². The molecule has 0 aliphatic heterocycles. The molecule has 1 N–H and O–H groups in total. The first-order valence-corrected chi connectivity index (χ1v) is 9.93. The molecule has 0 aliphatic rings. The molecule has 2 heterocycles. The van der Waals surface area contributed by atoms with Gasteiger partial charge in [-0.2, -0.15) is 0 Å². The van der Waals surface area contributed by atoms with Crippen LogP contribution < -0.4 is 4.74 Å². The SMILES string of the molecule is COc1ccc(-c2cnc(O)c3cc(-c4ccccc4)c(-c4cc[c]cc4)nc23)cc1. The molecule has 4 heteroatoms. The fraction of sp³-hybridized carbons (Fsp3) is 0.0370. The highest BCUT2D eigenvalue weighted by atomic mass is 16.5. The Hall–Kier alpha value is -4.18. The smallest absolute Gasteiger partial charge is 0.220 e. The lowest BCUT2D eigenvalue weighted by Gasteiger charge is -2.14. The number of aromatic nitrogens is 2. The highest BCUT2D eigenvalue weighted by Crippen LogP contribution is 2.38. The van der Waals surface area contributed by atoms with Gasteiger partial charge in [0.25, 0.3) is 0 Å². The van der Waals surface area contributed by atoms with Crippen molar-refractivity contribution in [2.24, 2.45) is 0 Å². The summed E-state index contributed by atoms with van der Waals surface area (Å²) in [5.41, 5.74) is 6.27. The van der Waals surface area contributed by atoms with Crippen LogP contribution in [0.2, 0.25) is 0 Å². The average molecular weight is 403 g/mol. The summed E-state index contributed by atoms with van der Waals surface area (Å²) in [6.45, 7) is 0. The first kappa shape index (κ1) is 18.8. The quantitative estimate of drug-likeness (QED) is 0.391. The number of benzene rings is 3. The van der Waals surface area contributed by atoms with Crippen LogP contribution in [0.5, 0.6) is 11.6 Å². The fourth-order valence-corrected chi connectivity index (χ4v) is 3.73. The Bertz CT molecular complexity index is 1350. The molecule has 149 valence electrons. The molecule has 3 aromatic carbocycles. The molecule has 0 unspecified atom stereocenters. The lowest BCUT2D eigenvalue weighted by Crippen LogP contribution is -1.95. The van der Waals surface area contributed by atoms with Crippen molar-refractivity contribution in [2.45, 2.75) is 0 Å². The average Bonchev–Trinajstić information content (AvgIpc) is 2.85. The van der Waals surface area contributed by atoms with E-state index in [4.69, 9.17) is 9.72 Å². The molecule has 0 bridgehead atoms. The zero-order valence-corrected chi connectivity index (χ0v) is 16.9. The van der Waals surface area contributed by atoms with E-state index in [1.807, 2.05) is 84.9 Å². The number of rotatable bonds is 4. The topological polar surface area (TPSA) is 55.2 Å². The highest BCUT2D eigenvalue weighted by Gasteiger charge is 2.17. The maximum absolute atomic E-state index is 10.6. The predicted molar refractivity (Wildman–Crippen MR) is 123 cm³/mol. The zero-order chi connectivity index (χ0) is 21.2. The molecule has 0 aliphatic carbocycles. The molecule has 0 saturated heterocycles. The van der Waals surface area contributed by atoms with Crippen LogP contribution in [0.3, 0.4) is 0 Å². The number of aromatic hydroxyl groups is 1. The Morgan fingerprint density at radius 1 is 0.806 bits per heavy atom. The maximum atomic E-state index is 10.6. The molecule has 31 heavy (non-hydrogen) atoms. The summed E-state index contributed by atoms with van der Waals surface area (Å²) in [5, 5.41) is 11.2. The summed E-state index contributed by atoms with van der Waals surface area (Å²) in [6, 6.07) is 30.6. The van der Waals surface area contributed by atoms with Crippen molar-refractivity contribution in [3.05, 3.63) is 97.2 Å². The van der Waals surface area contributed by atoms with Crippen LogP contribution in [0.4, 0.5) is 0 Å². The summed E-state index contributed by atoms with van der Waals surface area (Å²) < 4.78 is 5.28. The number of methoxy groups -OCH3 is 1. The van der Waals surface area contributed by atoms with Gasteiger partial charge in [-0.25, -0.2) is 9.97 Å². The molecule has 1 radical (unpaired) electrons. The van der Waals surface area contributed by atoms with Gasteiger partial charge in [-0.05, 0) is 35.4 Å². The van der Waals surface area contributed by atoms with Crippen molar-refractivity contribution in [3.63, 3.8) is 0 Å². The van der Waals surface area contributed by atoms with Crippen LogP contribution in [0.1, 0.15) is 0 Å². The van der Waals surface area contributed by atoms with Gasteiger partial charge in [0.15, 0.2) is 0 Å². The van der Waals surface area contributed by atoms with E-state index >= 15 is 0 Å². The van der Waals surface area contributed by atoms with Gasteiger partial charge in [0.2, 0.25) is 5.88 Å². The number of hydrogen-bond donors (Lipinski definition) is 1. The molecule has 4 nitrogen and oxygen atoms in total. The van der Waals surface area contributed by atoms with E-state index < -0.39 is 0 Å². The monoisotopic (exact) mass is 403 g/mol. The molecule has 2 aromatic heterocycles. The standard InChI is InChI=1S/C27H19N2O2/c1-31-21-14-12-19(13-15-21)24-17-28-27(30)23-16-22(18-8-4-2-5-9-18)25(29-26(23)24)20-10-6-3-7-11-20/h2,4-17H,1H3,(H,28,30). The minimum Gasteiger partial charge on any atom is -0.497 e. The molecule has 0 spiro atoms. The Kier molecular flexibility index (Phi) is 4.81. The lowest BCUT2D eigenvalue weighted by atomic mass is 9.96. The first-order chi connectivity index (χ1) is 15.2. The summed E-state index contributed by atoms with van der Waals surface area (Å²) in [7, 11) is 1.64. The van der Waals surface area contributed by atoms with Gasteiger partial charge < -0.3 is 9.84 Å². The lowest BCUT2D eigenvalue weighted by molar-refractivity contribution is 0.415. The second-order valence-corrected chi connectivity index (χ2v) is 7.16. The van der Waals surface area contributed by atoms with E-state index in [0.29, 0.717) is 10.9 Å². The molecular weight excluding hydrogens is 384 g/mol. The largest absolute Gasteiger partial charge is 0.497 e. The van der Waals surface area contributed by atoms with Crippen molar-refractivity contribution in [1.29, 1.82) is 0 Å². The van der Waals surface area contributed by atoms with Crippen molar-refractivity contribution < 1.29 is 9.84 Å². The van der Waals surface area contributed by atoms with Crippen molar-refractivity contribution in [1.82, 2.24) is 9.97 Å². The van der Waals surface area contributed by atoms with Crippen LogP contribution in [0.25, 0.3) is 44.4 Å². The van der Waals surface area contributed by atoms with Crippen LogP contribution >= 0.6 is 0 Å². The Morgan fingerprint density at radius 2 is 1.52 bits per heavy atom. The summed E-state index contributed by atoms with van der Waals surface area (Å²) in [5.74, 6) is 0.741. The van der Waals surface area contributed by atoms with Gasteiger partial charge >= 0.3 is 0 Å². The highest BCUT2D eigenvalue weighted by molar-refractivity contribution is 6.00. The van der Waals surface area contributed by atoms with Gasteiger partial charge in [-0.3, -0.25) is 0 Å². The zero-order valence-electron chi connectivity index (χ0n) is 16.9. The fourth-order valence-electron chi connectivity index (χ4n) is 3.73. The number of ether oxygens (including phenoxy) is 1. The van der Waals surface area contributed by atoms with Crippen LogP contribution in [0, 0.1) is 6.07 Å². The van der Waals surface area contributed by atoms with E-state index in [2.05, 4.69) is 11.1 Å². The van der Waals surface area contributed by atoms with Gasteiger partial charge in [0.05, 0.1) is 23.7 Å². The molecule has 0 amide bonds. The van der Waals surface area contributed by atoms with Crippen molar-refractivity contribution in [2.75, 3.05) is 7.11 Å². The second-order valence-electron chi connectivity index (χ2n) is 7.16. The molecule has 0 atom stereocenters. The van der Waals surface area contributed by atoms with E-state index in [9.17, 15) is 5.11 Å². The molecule has 0 saturated carbocycles. The molecule has 5 rings (SSSR count). The Morgan fingerprint density at radius 3 is 2.23 bits per heavy atom. The van der Waals surface area contributed by atoms with Crippen LogP contribution in [0.15, 0.2) is 91.1 Å². The summed E-state index contributed by atoms with van der Waals surface area (Å²) in [6.07, 6.45) is 1.66. The Labute approximate surface area is 180 Å². The third-order valence-electron chi connectivity index (χ3n) is 5.31. The predicted octanol–water partition coefficient (Wildman–Crippen LogP) is 6.15. The molecular formula is C27H19N2O2. The van der Waals surface area contributed by atoms with Gasteiger partial charge in [0.1, 0.15) is 5.75 Å². The van der Waals surface area contributed by atoms with E-state index in [1.165, 1.54) is 0 Å². The summed E-state index contributed by atoms with van der Waals surface area (Å²) >= 11 is 0. The van der Waals surface area contributed by atoms with Crippen molar-refractivity contribution in [3.8, 4) is 45.1 Å². The molecule has 0 fully saturated rings. The van der Waals surface area contributed by atoms with Crippen molar-refractivity contribution >= 4 is 10.9 Å². The van der Waals surface area contributed by atoms with Crippen LogP contribution in [-0.4, -0.2) is 22.2 Å².